The molecule has 0 fully saturated rings. The van der Waals surface area contributed by atoms with E-state index in [1.807, 2.05) is 13.0 Å². The Bertz CT molecular complexity index is 957. The van der Waals surface area contributed by atoms with Crippen molar-refractivity contribution in [1.82, 2.24) is 0 Å². The lowest BCUT2D eigenvalue weighted by molar-refractivity contribution is -0.151. The molecule has 1 aliphatic carbocycles. The van der Waals surface area contributed by atoms with E-state index in [1.165, 1.54) is 24.0 Å². The maximum atomic E-state index is 12.1. The fourth-order valence-electron chi connectivity index (χ4n) is 3.91. The van der Waals surface area contributed by atoms with Crippen molar-refractivity contribution in [2.24, 2.45) is 5.41 Å². The SMILES string of the molecule is CC1=C(/C=C/C(C)=C/C=C/C(C)=C/C(=O)OC2=C(O)C(C(O)CO)OC2=O)C(C)(C)CCC1. The molecule has 0 radical (unpaired) electrons. The Balaban J connectivity index is 2.00. The third-order valence-electron chi connectivity index (χ3n) is 5.78. The molecule has 0 aromatic carbocycles. The number of carbonyl (C=O) groups excluding carboxylic acids is 2. The van der Waals surface area contributed by atoms with E-state index in [0.717, 1.165) is 18.1 Å². The van der Waals surface area contributed by atoms with Crippen LogP contribution in [0, 0.1) is 5.41 Å². The Labute approximate surface area is 195 Å². The molecule has 2 atom stereocenters. The third-order valence-corrected chi connectivity index (χ3v) is 5.78. The smallest absolute Gasteiger partial charge is 0.378 e. The molecule has 7 nitrogen and oxygen atoms in total. The summed E-state index contributed by atoms with van der Waals surface area (Å²) >= 11 is 0. The van der Waals surface area contributed by atoms with Crippen molar-refractivity contribution in [1.29, 1.82) is 0 Å². The summed E-state index contributed by atoms with van der Waals surface area (Å²) < 4.78 is 9.60. The summed E-state index contributed by atoms with van der Waals surface area (Å²) in [6, 6.07) is 0. The van der Waals surface area contributed by atoms with Crippen LogP contribution in [0.3, 0.4) is 0 Å². The first-order valence-corrected chi connectivity index (χ1v) is 11.0. The highest BCUT2D eigenvalue weighted by Crippen LogP contribution is 2.40. The van der Waals surface area contributed by atoms with Gasteiger partial charge in [0.05, 0.1) is 6.61 Å². The Hall–Kier alpha value is -2.90. The van der Waals surface area contributed by atoms with Crippen LogP contribution in [0.25, 0.3) is 0 Å². The van der Waals surface area contributed by atoms with Crippen LogP contribution in [-0.2, 0) is 19.1 Å². The van der Waals surface area contributed by atoms with E-state index < -0.39 is 42.3 Å². The molecule has 1 heterocycles. The summed E-state index contributed by atoms with van der Waals surface area (Å²) in [5, 5.41) is 28.4. The predicted octanol–water partition coefficient (Wildman–Crippen LogP) is 4.11. The van der Waals surface area contributed by atoms with Gasteiger partial charge in [-0.05, 0) is 56.6 Å². The van der Waals surface area contributed by atoms with E-state index >= 15 is 0 Å². The number of aliphatic hydroxyl groups excluding tert-OH is 3. The molecular weight excluding hydrogens is 424 g/mol. The molecule has 7 heteroatoms. The average Bonchev–Trinajstić information content (AvgIpc) is 3.00. The van der Waals surface area contributed by atoms with Crippen molar-refractivity contribution < 1.29 is 34.4 Å². The number of carbonyl (C=O) groups is 2. The van der Waals surface area contributed by atoms with E-state index in [9.17, 15) is 19.8 Å². The third kappa shape index (κ3) is 7.04. The molecule has 2 unspecified atom stereocenters. The van der Waals surface area contributed by atoms with Gasteiger partial charge >= 0.3 is 11.9 Å². The largest absolute Gasteiger partial charge is 0.505 e. The molecule has 3 N–H and O–H groups in total. The molecule has 33 heavy (non-hydrogen) atoms. The molecule has 0 aromatic rings. The lowest BCUT2D eigenvalue weighted by atomic mass is 9.72. The van der Waals surface area contributed by atoms with Crippen LogP contribution in [0.15, 0.2) is 70.3 Å². The zero-order valence-electron chi connectivity index (χ0n) is 19.9. The highest BCUT2D eigenvalue weighted by atomic mass is 16.6. The highest BCUT2D eigenvalue weighted by Gasteiger charge is 2.41. The predicted molar refractivity (Wildman–Crippen MR) is 125 cm³/mol. The molecule has 0 amide bonds. The van der Waals surface area contributed by atoms with E-state index in [4.69, 9.17) is 14.6 Å². The molecule has 1 aliphatic heterocycles. The lowest BCUT2D eigenvalue weighted by Gasteiger charge is -2.32. The second-order valence-corrected chi connectivity index (χ2v) is 9.13. The van der Waals surface area contributed by atoms with Gasteiger partial charge in [0.15, 0.2) is 11.9 Å². The van der Waals surface area contributed by atoms with E-state index in [-0.39, 0.29) is 5.41 Å². The van der Waals surface area contributed by atoms with Gasteiger partial charge in [-0.25, -0.2) is 9.59 Å². The van der Waals surface area contributed by atoms with E-state index in [0.29, 0.717) is 5.57 Å². The number of hydrogen-bond acceptors (Lipinski definition) is 7. The van der Waals surface area contributed by atoms with Crippen LogP contribution in [0.1, 0.15) is 53.9 Å². The minimum atomic E-state index is -1.51. The van der Waals surface area contributed by atoms with Crippen LogP contribution in [0.4, 0.5) is 0 Å². The Morgan fingerprint density at radius 3 is 2.61 bits per heavy atom. The minimum Gasteiger partial charge on any atom is -0.505 e. The van der Waals surface area contributed by atoms with Crippen molar-refractivity contribution in [3.63, 3.8) is 0 Å². The highest BCUT2D eigenvalue weighted by molar-refractivity contribution is 5.94. The minimum absolute atomic E-state index is 0.181. The van der Waals surface area contributed by atoms with Crippen molar-refractivity contribution in [3.8, 4) is 0 Å². The fourth-order valence-corrected chi connectivity index (χ4v) is 3.91. The summed E-state index contributed by atoms with van der Waals surface area (Å²) in [4.78, 5) is 23.8. The van der Waals surface area contributed by atoms with Gasteiger partial charge in [-0.1, -0.05) is 55.4 Å². The molecule has 0 bridgehead atoms. The molecule has 0 saturated carbocycles. The quantitative estimate of drug-likeness (QED) is 0.285. The number of allylic oxidation sites excluding steroid dienone is 9. The zero-order chi connectivity index (χ0) is 24.8. The summed E-state index contributed by atoms with van der Waals surface area (Å²) in [7, 11) is 0. The van der Waals surface area contributed by atoms with Gasteiger partial charge in [0.1, 0.15) is 6.10 Å². The topological polar surface area (TPSA) is 113 Å². The normalized spacial score (nSPS) is 23.0. The summed E-state index contributed by atoms with van der Waals surface area (Å²) in [5.74, 6) is -3.39. The van der Waals surface area contributed by atoms with Crippen molar-refractivity contribution >= 4 is 11.9 Å². The second-order valence-electron chi connectivity index (χ2n) is 9.13. The number of rotatable bonds is 8. The fraction of sp³-hybridized carbons (Fsp3) is 0.462. The van der Waals surface area contributed by atoms with Crippen LogP contribution < -0.4 is 0 Å². The molecule has 0 saturated heterocycles. The van der Waals surface area contributed by atoms with E-state index in [2.05, 4.69) is 32.9 Å². The molecule has 2 rings (SSSR count). The summed E-state index contributed by atoms with van der Waals surface area (Å²) in [6.07, 6.45) is 11.5. The van der Waals surface area contributed by atoms with Gasteiger partial charge in [-0.15, -0.1) is 0 Å². The van der Waals surface area contributed by atoms with Crippen LogP contribution in [0.5, 0.6) is 0 Å². The number of ether oxygens (including phenoxy) is 2. The maximum absolute atomic E-state index is 12.1. The van der Waals surface area contributed by atoms with Gasteiger partial charge < -0.3 is 24.8 Å². The Morgan fingerprint density at radius 2 is 1.97 bits per heavy atom. The van der Waals surface area contributed by atoms with Crippen LogP contribution in [0.2, 0.25) is 0 Å². The van der Waals surface area contributed by atoms with E-state index in [1.54, 1.807) is 19.1 Å². The zero-order valence-corrected chi connectivity index (χ0v) is 19.9. The van der Waals surface area contributed by atoms with Gasteiger partial charge in [-0.2, -0.15) is 0 Å². The molecule has 0 aromatic heterocycles. The molecule has 180 valence electrons. The lowest BCUT2D eigenvalue weighted by Crippen LogP contribution is -2.31. The first-order valence-electron chi connectivity index (χ1n) is 11.0. The molecule has 0 spiro atoms. The van der Waals surface area contributed by atoms with Crippen LogP contribution in [-0.4, -0.2) is 46.1 Å². The second kappa shape index (κ2) is 11.3. The maximum Gasteiger partial charge on any atom is 0.378 e. The molecule has 2 aliphatic rings. The summed E-state index contributed by atoms with van der Waals surface area (Å²) in [6.45, 7) is 9.70. The number of hydrogen-bond donors (Lipinski definition) is 3. The van der Waals surface area contributed by atoms with Gasteiger partial charge in [0, 0.05) is 6.08 Å². The monoisotopic (exact) mass is 458 g/mol. The standard InChI is InChI=1S/C26H34O7/c1-16(11-12-19-18(3)10-7-13-26(19,4)5)8-6-9-17(2)14-21(29)32-24-22(30)23(20(28)15-27)33-25(24)31/h6,8-9,11-12,14,20,23,27-28,30H,7,10,13,15H2,1-5H3/b9-6+,12-11+,16-8+,17-14+. The van der Waals surface area contributed by atoms with Gasteiger partial charge in [0.2, 0.25) is 0 Å². The van der Waals surface area contributed by atoms with Crippen LogP contribution >= 0.6 is 0 Å². The van der Waals surface area contributed by atoms with Gasteiger partial charge in [-0.3, -0.25) is 0 Å². The number of esters is 2. The first kappa shape index (κ1) is 26.4. The summed E-state index contributed by atoms with van der Waals surface area (Å²) in [5.41, 5.74) is 4.63. The Morgan fingerprint density at radius 1 is 1.27 bits per heavy atom. The number of cyclic esters (lactones) is 1. The molecular formula is C26H34O7. The van der Waals surface area contributed by atoms with Crippen molar-refractivity contribution in [2.75, 3.05) is 6.61 Å². The van der Waals surface area contributed by atoms with Gasteiger partial charge in [0.25, 0.3) is 5.76 Å². The number of aliphatic hydroxyl groups is 3. The average molecular weight is 459 g/mol. The van der Waals surface area contributed by atoms with Crippen molar-refractivity contribution in [3.05, 3.63) is 70.3 Å². The first-order chi connectivity index (χ1) is 15.5. The van der Waals surface area contributed by atoms with Crippen molar-refractivity contribution in [2.45, 2.75) is 66.1 Å². The Kier molecular flexibility index (Phi) is 9.02.